The Morgan fingerprint density at radius 2 is 1.59 bits per heavy atom. The SMILES string of the molecule is COc1ccc2c(c1)C(CC(=O)NCc1ccccc1)=C(C)C2=Cc1cc(OC)c(OCC(=O)O)c(OC)c1. The second-order valence-corrected chi connectivity index (χ2v) is 8.95. The van der Waals surface area contributed by atoms with Crippen molar-refractivity contribution in [2.75, 3.05) is 27.9 Å². The zero-order chi connectivity index (χ0) is 27.9. The first-order valence-corrected chi connectivity index (χ1v) is 12.4. The Kier molecular flexibility index (Phi) is 8.56. The van der Waals surface area contributed by atoms with Crippen LogP contribution in [0.25, 0.3) is 17.2 Å². The molecular weight excluding hydrogens is 498 g/mol. The number of methoxy groups -OCH3 is 3. The summed E-state index contributed by atoms with van der Waals surface area (Å²) in [6.45, 7) is 1.92. The zero-order valence-electron chi connectivity index (χ0n) is 22.4. The summed E-state index contributed by atoms with van der Waals surface area (Å²) in [5.74, 6) is 0.420. The van der Waals surface area contributed by atoms with E-state index in [1.807, 2.05) is 61.5 Å². The molecule has 0 heterocycles. The predicted octanol–water partition coefficient (Wildman–Crippen LogP) is 5.21. The molecule has 0 spiro atoms. The van der Waals surface area contributed by atoms with Gasteiger partial charge in [-0.3, -0.25) is 4.79 Å². The van der Waals surface area contributed by atoms with Crippen LogP contribution >= 0.6 is 0 Å². The number of ether oxygens (including phenoxy) is 4. The molecule has 8 heteroatoms. The molecule has 8 nitrogen and oxygen atoms in total. The van der Waals surface area contributed by atoms with Gasteiger partial charge < -0.3 is 29.4 Å². The van der Waals surface area contributed by atoms with E-state index in [0.29, 0.717) is 23.8 Å². The minimum Gasteiger partial charge on any atom is -0.497 e. The van der Waals surface area contributed by atoms with Gasteiger partial charge in [-0.1, -0.05) is 36.4 Å². The Hall–Kier alpha value is -4.72. The number of hydrogen-bond donors (Lipinski definition) is 2. The number of amides is 1. The highest BCUT2D eigenvalue weighted by Crippen LogP contribution is 2.46. The standard InChI is InChI=1S/C31H31NO7/c1-19-24(12-21-13-27(37-3)31(28(14-21)38-4)39-18-30(34)35)23-11-10-22(36-2)15-26(23)25(19)16-29(33)32-17-20-8-6-5-7-9-20/h5-15H,16-18H2,1-4H3,(H,32,33)(H,34,35). The van der Waals surface area contributed by atoms with Gasteiger partial charge in [-0.25, -0.2) is 4.79 Å². The van der Waals surface area contributed by atoms with Crippen LogP contribution in [0.4, 0.5) is 0 Å². The van der Waals surface area contributed by atoms with Gasteiger partial charge in [0.1, 0.15) is 5.75 Å². The Balaban J connectivity index is 1.70. The highest BCUT2D eigenvalue weighted by molar-refractivity contribution is 6.08. The van der Waals surface area contributed by atoms with Gasteiger partial charge in [0, 0.05) is 6.54 Å². The predicted molar refractivity (Wildman–Crippen MR) is 149 cm³/mol. The normalized spacial score (nSPS) is 13.2. The van der Waals surface area contributed by atoms with Crippen molar-refractivity contribution >= 4 is 29.1 Å². The Morgan fingerprint density at radius 1 is 0.897 bits per heavy atom. The van der Waals surface area contributed by atoms with Crippen molar-refractivity contribution in [3.05, 3.63) is 88.5 Å². The molecule has 202 valence electrons. The van der Waals surface area contributed by atoms with Crippen molar-refractivity contribution in [2.45, 2.75) is 19.9 Å². The van der Waals surface area contributed by atoms with E-state index in [-0.39, 0.29) is 18.1 Å². The van der Waals surface area contributed by atoms with E-state index in [1.54, 1.807) is 19.2 Å². The van der Waals surface area contributed by atoms with E-state index >= 15 is 0 Å². The van der Waals surface area contributed by atoms with E-state index in [4.69, 9.17) is 24.1 Å². The lowest BCUT2D eigenvalue weighted by Crippen LogP contribution is -2.22. The molecule has 2 N–H and O–H groups in total. The smallest absolute Gasteiger partial charge is 0.341 e. The van der Waals surface area contributed by atoms with Gasteiger partial charge >= 0.3 is 5.97 Å². The fourth-order valence-corrected chi connectivity index (χ4v) is 4.56. The maximum atomic E-state index is 13.0. The summed E-state index contributed by atoms with van der Waals surface area (Å²) in [4.78, 5) is 24.0. The van der Waals surface area contributed by atoms with Gasteiger partial charge in [0.15, 0.2) is 18.1 Å². The average Bonchev–Trinajstić information content (AvgIpc) is 3.20. The topological polar surface area (TPSA) is 103 Å². The van der Waals surface area contributed by atoms with Crippen molar-refractivity contribution in [3.63, 3.8) is 0 Å². The van der Waals surface area contributed by atoms with Gasteiger partial charge in [-0.05, 0) is 76.2 Å². The van der Waals surface area contributed by atoms with Gasteiger partial charge in [0.05, 0.1) is 27.8 Å². The number of benzene rings is 3. The number of carboxylic acids is 1. The quantitative estimate of drug-likeness (QED) is 0.351. The third-order valence-corrected chi connectivity index (χ3v) is 6.50. The number of hydrogen-bond acceptors (Lipinski definition) is 6. The second-order valence-electron chi connectivity index (χ2n) is 8.95. The van der Waals surface area contributed by atoms with E-state index in [9.17, 15) is 9.59 Å². The lowest BCUT2D eigenvalue weighted by atomic mass is 10.00. The summed E-state index contributed by atoms with van der Waals surface area (Å²) in [6, 6.07) is 19.1. The number of fused-ring (bicyclic) bond motifs is 1. The molecule has 0 unspecified atom stereocenters. The molecule has 0 saturated heterocycles. The first kappa shape index (κ1) is 27.3. The largest absolute Gasteiger partial charge is 0.497 e. The minimum absolute atomic E-state index is 0.0773. The Bertz CT molecular complexity index is 1420. The van der Waals surface area contributed by atoms with Crippen molar-refractivity contribution in [1.82, 2.24) is 5.32 Å². The number of carbonyl (C=O) groups excluding carboxylic acids is 1. The van der Waals surface area contributed by atoms with Crippen LogP contribution < -0.4 is 24.3 Å². The molecule has 0 bridgehead atoms. The summed E-state index contributed by atoms with van der Waals surface area (Å²) in [5, 5.41) is 12.0. The highest BCUT2D eigenvalue weighted by Gasteiger charge is 2.26. The van der Waals surface area contributed by atoms with Crippen LogP contribution in [0.15, 0.2) is 66.2 Å². The molecule has 4 rings (SSSR count). The highest BCUT2D eigenvalue weighted by atomic mass is 16.5. The van der Waals surface area contributed by atoms with Crippen molar-refractivity contribution in [1.29, 1.82) is 0 Å². The summed E-state index contributed by atoms with van der Waals surface area (Å²) >= 11 is 0. The van der Waals surface area contributed by atoms with Crippen molar-refractivity contribution in [2.24, 2.45) is 0 Å². The number of aliphatic carboxylic acids is 1. The molecule has 1 aliphatic carbocycles. The molecule has 1 amide bonds. The van der Waals surface area contributed by atoms with Gasteiger partial charge in [-0.2, -0.15) is 0 Å². The fourth-order valence-electron chi connectivity index (χ4n) is 4.56. The van der Waals surface area contributed by atoms with E-state index in [0.717, 1.165) is 39.0 Å². The molecule has 0 atom stereocenters. The van der Waals surface area contributed by atoms with Crippen LogP contribution in [-0.4, -0.2) is 44.9 Å². The molecule has 3 aromatic carbocycles. The Morgan fingerprint density at radius 3 is 2.21 bits per heavy atom. The van der Waals surface area contributed by atoms with Gasteiger partial charge in [-0.15, -0.1) is 0 Å². The monoisotopic (exact) mass is 529 g/mol. The average molecular weight is 530 g/mol. The molecule has 0 radical (unpaired) electrons. The lowest BCUT2D eigenvalue weighted by Gasteiger charge is -2.15. The number of rotatable bonds is 11. The third kappa shape index (κ3) is 6.23. The van der Waals surface area contributed by atoms with Crippen LogP contribution in [-0.2, 0) is 16.1 Å². The summed E-state index contributed by atoms with van der Waals surface area (Å²) in [5.41, 5.74) is 6.54. The molecule has 3 aromatic rings. The van der Waals surface area contributed by atoms with Crippen LogP contribution in [0.2, 0.25) is 0 Å². The number of nitrogens with one attached hydrogen (secondary N) is 1. The number of allylic oxidation sites excluding steroid dienone is 2. The molecule has 0 aromatic heterocycles. The minimum atomic E-state index is -1.11. The zero-order valence-corrected chi connectivity index (χ0v) is 22.4. The van der Waals surface area contributed by atoms with E-state index in [2.05, 4.69) is 5.32 Å². The van der Waals surface area contributed by atoms with Crippen molar-refractivity contribution in [3.8, 4) is 23.0 Å². The molecule has 0 fully saturated rings. The molecule has 1 aliphatic rings. The summed E-state index contributed by atoms with van der Waals surface area (Å²) < 4.78 is 21.8. The maximum Gasteiger partial charge on any atom is 0.341 e. The molecule has 0 saturated carbocycles. The van der Waals surface area contributed by atoms with Gasteiger partial charge in [0.25, 0.3) is 0 Å². The summed E-state index contributed by atoms with van der Waals surface area (Å²) in [6.07, 6.45) is 2.20. The van der Waals surface area contributed by atoms with Crippen molar-refractivity contribution < 1.29 is 33.6 Å². The first-order chi connectivity index (χ1) is 18.8. The summed E-state index contributed by atoms with van der Waals surface area (Å²) in [7, 11) is 4.57. The van der Waals surface area contributed by atoms with E-state index in [1.165, 1.54) is 14.2 Å². The molecular formula is C31H31NO7. The number of carboxylic acid groups (broad SMARTS) is 1. The van der Waals surface area contributed by atoms with E-state index < -0.39 is 12.6 Å². The fraction of sp³-hybridized carbons (Fsp3) is 0.226. The second kappa shape index (κ2) is 12.2. The Labute approximate surface area is 227 Å². The number of carbonyl (C=O) groups is 2. The van der Waals surface area contributed by atoms with Crippen LogP contribution in [0, 0.1) is 0 Å². The third-order valence-electron chi connectivity index (χ3n) is 6.50. The maximum absolute atomic E-state index is 13.0. The molecule has 0 aliphatic heterocycles. The molecule has 39 heavy (non-hydrogen) atoms. The van der Waals surface area contributed by atoms with Gasteiger partial charge in [0.2, 0.25) is 11.7 Å². The van der Waals surface area contributed by atoms with Crippen LogP contribution in [0.3, 0.4) is 0 Å². The van der Waals surface area contributed by atoms with Crippen LogP contribution in [0.5, 0.6) is 23.0 Å². The first-order valence-electron chi connectivity index (χ1n) is 12.4. The van der Waals surface area contributed by atoms with Crippen LogP contribution in [0.1, 0.15) is 35.6 Å². The lowest BCUT2D eigenvalue weighted by molar-refractivity contribution is -0.139.